The van der Waals surface area contributed by atoms with Crippen LogP contribution in [0.15, 0.2) is 58.8 Å². The van der Waals surface area contributed by atoms with Crippen LogP contribution in [0, 0.1) is 0 Å². The number of rotatable bonds is 8. The van der Waals surface area contributed by atoms with Gasteiger partial charge in [-0.3, -0.25) is 10.1 Å². The van der Waals surface area contributed by atoms with Crippen molar-refractivity contribution in [3.63, 3.8) is 0 Å². The molecule has 1 aliphatic rings. The van der Waals surface area contributed by atoms with E-state index in [1.165, 1.54) is 45.5 Å². The fourth-order valence-corrected chi connectivity index (χ4v) is 5.59. The second kappa shape index (κ2) is 10.1. The van der Waals surface area contributed by atoms with Crippen LogP contribution in [-0.2, 0) is 21.2 Å². The molecular formula is C24H27N3O4S2. The van der Waals surface area contributed by atoms with E-state index in [2.05, 4.69) is 29.4 Å². The number of likely N-dealkylation sites (N-methyl/N-ethyl adjacent to an activating group) is 1. The van der Waals surface area contributed by atoms with Crippen molar-refractivity contribution in [3.05, 3.63) is 65.0 Å². The third kappa shape index (κ3) is 5.50. The Hall–Kier alpha value is -2.59. The summed E-state index contributed by atoms with van der Waals surface area (Å²) in [5.41, 5.74) is 3.41. The number of anilines is 1. The molecule has 1 saturated heterocycles. The molecule has 1 fully saturated rings. The maximum atomic E-state index is 12.8. The molecule has 1 unspecified atom stereocenters. The van der Waals surface area contributed by atoms with Gasteiger partial charge in [-0.2, -0.15) is 4.31 Å². The number of carbonyl (C=O) groups excluding carboxylic acids is 1. The van der Waals surface area contributed by atoms with Gasteiger partial charge in [0.25, 0.3) is 5.91 Å². The summed E-state index contributed by atoms with van der Waals surface area (Å²) in [5.74, 6) is -0.339. The number of ether oxygens (including phenoxy) is 1. The van der Waals surface area contributed by atoms with Crippen LogP contribution < -0.4 is 5.32 Å². The maximum absolute atomic E-state index is 12.8. The Morgan fingerprint density at radius 3 is 2.55 bits per heavy atom. The van der Waals surface area contributed by atoms with Gasteiger partial charge in [-0.15, -0.1) is 11.3 Å². The van der Waals surface area contributed by atoms with Gasteiger partial charge in [-0.05, 0) is 49.1 Å². The molecule has 3 aromatic rings. The van der Waals surface area contributed by atoms with E-state index in [4.69, 9.17) is 4.74 Å². The molecule has 0 aliphatic carbocycles. The number of nitrogens with one attached hydrogen (secondary N) is 1. The minimum Gasteiger partial charge on any atom is -0.377 e. The van der Waals surface area contributed by atoms with Gasteiger partial charge in [-0.1, -0.05) is 31.2 Å². The van der Waals surface area contributed by atoms with Crippen molar-refractivity contribution in [3.8, 4) is 11.3 Å². The fourth-order valence-electron chi connectivity index (χ4n) is 3.68. The van der Waals surface area contributed by atoms with E-state index in [-0.39, 0.29) is 16.9 Å². The van der Waals surface area contributed by atoms with E-state index in [0.29, 0.717) is 23.8 Å². The lowest BCUT2D eigenvalue weighted by Gasteiger charge is -2.20. The zero-order valence-electron chi connectivity index (χ0n) is 18.7. The van der Waals surface area contributed by atoms with E-state index >= 15 is 0 Å². The van der Waals surface area contributed by atoms with Crippen molar-refractivity contribution in [1.82, 2.24) is 9.29 Å². The average Bonchev–Trinajstić information content (AvgIpc) is 3.51. The number of amides is 1. The van der Waals surface area contributed by atoms with Gasteiger partial charge in [0.2, 0.25) is 10.0 Å². The summed E-state index contributed by atoms with van der Waals surface area (Å²) in [4.78, 5) is 17.3. The molecule has 1 amide bonds. The van der Waals surface area contributed by atoms with Crippen molar-refractivity contribution < 1.29 is 17.9 Å². The number of thiazole rings is 1. The second-order valence-corrected chi connectivity index (χ2v) is 10.9. The standard InChI is InChI=1S/C24H27N3O4S2/c1-3-17-6-8-18(9-7-17)22-16-32-24(25-22)26-23(28)19-10-12-21(13-11-19)33(29,30)27(2)15-20-5-4-14-31-20/h6-13,16,20H,3-5,14-15H2,1-2H3,(H,25,26,28). The normalized spacial score (nSPS) is 16.3. The van der Waals surface area contributed by atoms with Gasteiger partial charge < -0.3 is 4.74 Å². The van der Waals surface area contributed by atoms with Gasteiger partial charge >= 0.3 is 0 Å². The highest BCUT2D eigenvalue weighted by molar-refractivity contribution is 7.89. The summed E-state index contributed by atoms with van der Waals surface area (Å²) in [7, 11) is -2.10. The number of aromatic nitrogens is 1. The van der Waals surface area contributed by atoms with Crippen LogP contribution in [0.5, 0.6) is 0 Å². The first-order valence-corrected chi connectivity index (χ1v) is 13.2. The molecule has 0 radical (unpaired) electrons. The van der Waals surface area contributed by atoms with Crippen LogP contribution in [0.2, 0.25) is 0 Å². The van der Waals surface area contributed by atoms with E-state index in [1.807, 2.05) is 17.5 Å². The lowest BCUT2D eigenvalue weighted by Crippen LogP contribution is -2.34. The van der Waals surface area contributed by atoms with Gasteiger partial charge in [0, 0.05) is 36.7 Å². The third-order valence-corrected chi connectivity index (χ3v) is 8.29. The van der Waals surface area contributed by atoms with Crippen LogP contribution in [-0.4, -0.2) is 49.9 Å². The summed E-state index contributed by atoms with van der Waals surface area (Å²) in [6, 6.07) is 14.1. The number of aryl methyl sites for hydroxylation is 1. The van der Waals surface area contributed by atoms with Gasteiger partial charge in [0.15, 0.2) is 5.13 Å². The van der Waals surface area contributed by atoms with Crippen LogP contribution in [0.25, 0.3) is 11.3 Å². The van der Waals surface area contributed by atoms with Crippen LogP contribution in [0.4, 0.5) is 5.13 Å². The van der Waals surface area contributed by atoms with Gasteiger partial charge in [-0.25, -0.2) is 13.4 Å². The Kier molecular flexibility index (Phi) is 7.23. The Morgan fingerprint density at radius 1 is 1.18 bits per heavy atom. The quantitative estimate of drug-likeness (QED) is 0.510. The highest BCUT2D eigenvalue weighted by atomic mass is 32.2. The zero-order chi connectivity index (χ0) is 23.4. The predicted octanol–water partition coefficient (Wildman–Crippen LogP) is 4.42. The molecule has 7 nitrogen and oxygen atoms in total. The molecule has 4 rings (SSSR count). The SMILES string of the molecule is CCc1ccc(-c2csc(NC(=O)c3ccc(S(=O)(=O)N(C)CC4CCCO4)cc3)n2)cc1. The molecule has 1 atom stereocenters. The average molecular weight is 486 g/mol. The fraction of sp³-hybridized carbons (Fsp3) is 0.333. The number of hydrogen-bond donors (Lipinski definition) is 1. The predicted molar refractivity (Wildman–Crippen MR) is 130 cm³/mol. The van der Waals surface area contributed by atoms with E-state index in [0.717, 1.165) is 30.5 Å². The van der Waals surface area contributed by atoms with Crippen LogP contribution in [0.3, 0.4) is 0 Å². The second-order valence-electron chi connectivity index (χ2n) is 7.99. The highest BCUT2D eigenvalue weighted by Gasteiger charge is 2.26. The summed E-state index contributed by atoms with van der Waals surface area (Å²) in [6.45, 7) is 3.10. The van der Waals surface area contributed by atoms with Crippen molar-refractivity contribution in [2.45, 2.75) is 37.2 Å². The molecule has 1 N–H and O–H groups in total. The largest absolute Gasteiger partial charge is 0.377 e. The number of sulfonamides is 1. The van der Waals surface area contributed by atoms with Crippen molar-refractivity contribution in [1.29, 1.82) is 0 Å². The first-order valence-electron chi connectivity index (χ1n) is 10.9. The lowest BCUT2D eigenvalue weighted by molar-refractivity contribution is 0.0979. The molecule has 0 saturated carbocycles. The van der Waals surface area contributed by atoms with Gasteiger partial charge in [0.05, 0.1) is 16.7 Å². The molecule has 0 spiro atoms. The Labute approximate surface area is 198 Å². The molecule has 2 heterocycles. The number of carbonyl (C=O) groups is 1. The smallest absolute Gasteiger partial charge is 0.257 e. The van der Waals surface area contributed by atoms with E-state index in [1.54, 1.807) is 7.05 Å². The Morgan fingerprint density at radius 2 is 1.91 bits per heavy atom. The number of nitrogens with zero attached hydrogens (tertiary/aromatic N) is 2. The molecule has 33 heavy (non-hydrogen) atoms. The van der Waals surface area contributed by atoms with E-state index < -0.39 is 10.0 Å². The number of benzene rings is 2. The zero-order valence-corrected chi connectivity index (χ0v) is 20.3. The summed E-state index contributed by atoms with van der Waals surface area (Å²) >= 11 is 1.35. The summed E-state index contributed by atoms with van der Waals surface area (Å²) in [6.07, 6.45) is 2.72. The van der Waals surface area contributed by atoms with E-state index in [9.17, 15) is 13.2 Å². The molecule has 1 aliphatic heterocycles. The number of hydrogen-bond acceptors (Lipinski definition) is 6. The summed E-state index contributed by atoms with van der Waals surface area (Å²) in [5, 5.41) is 5.18. The molecule has 174 valence electrons. The Balaban J connectivity index is 1.40. The minimum atomic E-state index is -3.65. The molecule has 9 heteroatoms. The third-order valence-electron chi connectivity index (χ3n) is 5.69. The van der Waals surface area contributed by atoms with Crippen molar-refractivity contribution in [2.75, 3.05) is 25.5 Å². The lowest BCUT2D eigenvalue weighted by atomic mass is 10.1. The maximum Gasteiger partial charge on any atom is 0.257 e. The molecule has 1 aromatic heterocycles. The highest BCUT2D eigenvalue weighted by Crippen LogP contribution is 2.26. The first kappa shape index (κ1) is 23.6. The topological polar surface area (TPSA) is 88.6 Å². The van der Waals surface area contributed by atoms with Crippen molar-refractivity contribution in [2.24, 2.45) is 0 Å². The Bertz CT molecular complexity index is 1200. The minimum absolute atomic E-state index is 0.0670. The monoisotopic (exact) mass is 485 g/mol. The molecule has 2 aromatic carbocycles. The molecule has 0 bridgehead atoms. The van der Waals surface area contributed by atoms with Gasteiger partial charge in [0.1, 0.15) is 0 Å². The van der Waals surface area contributed by atoms with Crippen molar-refractivity contribution >= 4 is 32.4 Å². The molecular weight excluding hydrogens is 458 g/mol. The summed E-state index contributed by atoms with van der Waals surface area (Å²) < 4.78 is 32.5. The van der Waals surface area contributed by atoms with Crippen LogP contribution >= 0.6 is 11.3 Å². The van der Waals surface area contributed by atoms with Crippen LogP contribution in [0.1, 0.15) is 35.7 Å². The first-order chi connectivity index (χ1) is 15.9.